The first kappa shape index (κ1) is 22.5. The number of rotatable bonds is 7. The molecule has 1 N–H and O–H groups in total. The molecule has 33 heavy (non-hydrogen) atoms. The molecule has 2 aromatic heterocycles. The summed E-state index contributed by atoms with van der Waals surface area (Å²) in [7, 11) is 3.07. The number of fused-ring (bicyclic) bond motifs is 1. The van der Waals surface area contributed by atoms with E-state index in [1.165, 1.54) is 34.9 Å². The molecular weight excluding hydrogens is 438 g/mol. The Bertz CT molecular complexity index is 1360. The first-order valence-corrected chi connectivity index (χ1v) is 11.4. The number of thiophene rings is 1. The highest BCUT2D eigenvalue weighted by atomic mass is 32.1. The summed E-state index contributed by atoms with van der Waals surface area (Å²) in [4.78, 5) is 31.0. The van der Waals surface area contributed by atoms with Gasteiger partial charge in [0.1, 0.15) is 11.4 Å². The van der Waals surface area contributed by atoms with Gasteiger partial charge in [-0.2, -0.15) is 0 Å². The number of nitrogens with zero attached hydrogens (tertiary/aromatic N) is 2. The van der Waals surface area contributed by atoms with E-state index in [1.54, 1.807) is 25.3 Å². The van der Waals surface area contributed by atoms with Crippen LogP contribution in [0.3, 0.4) is 0 Å². The number of methoxy groups -OCH3 is 2. The lowest BCUT2D eigenvalue weighted by Crippen LogP contribution is -2.27. The average Bonchev–Trinajstić information content (AvgIpc) is 3.25. The quantitative estimate of drug-likeness (QED) is 0.421. The number of aromatic nitrogens is 2. The molecule has 1 amide bonds. The van der Waals surface area contributed by atoms with E-state index in [-0.39, 0.29) is 18.0 Å². The standard InChI is InChI=1S/C25H25N3O4S/c1-15(2)16-5-7-17(8-6-16)19-13-33-24-23(19)25(30)28(14-26-24)12-22(29)27-18-9-10-20(31-3)21(11-18)32-4/h5-11,13-15H,12H2,1-4H3,(H,27,29). The van der Waals surface area contributed by atoms with Crippen LogP contribution >= 0.6 is 11.3 Å². The zero-order chi connectivity index (χ0) is 23.5. The molecule has 2 aromatic carbocycles. The fraction of sp³-hybridized carbons (Fsp3) is 0.240. The van der Waals surface area contributed by atoms with Gasteiger partial charge in [0.2, 0.25) is 5.91 Å². The van der Waals surface area contributed by atoms with Crippen LogP contribution in [0.2, 0.25) is 0 Å². The number of hydrogen-bond donors (Lipinski definition) is 1. The average molecular weight is 464 g/mol. The van der Waals surface area contributed by atoms with Crippen molar-refractivity contribution in [1.29, 1.82) is 0 Å². The van der Waals surface area contributed by atoms with Gasteiger partial charge in [0.25, 0.3) is 5.56 Å². The molecule has 4 aromatic rings. The summed E-state index contributed by atoms with van der Waals surface area (Å²) in [6.07, 6.45) is 1.42. The van der Waals surface area contributed by atoms with Crippen molar-refractivity contribution in [2.75, 3.05) is 19.5 Å². The second-order valence-electron chi connectivity index (χ2n) is 7.90. The van der Waals surface area contributed by atoms with Crippen LogP contribution in [-0.2, 0) is 11.3 Å². The summed E-state index contributed by atoms with van der Waals surface area (Å²) in [6, 6.07) is 13.3. The van der Waals surface area contributed by atoms with E-state index in [2.05, 4.69) is 36.3 Å². The first-order chi connectivity index (χ1) is 15.9. The Morgan fingerprint density at radius 3 is 2.48 bits per heavy atom. The summed E-state index contributed by atoms with van der Waals surface area (Å²) in [5.74, 6) is 1.15. The first-order valence-electron chi connectivity index (χ1n) is 10.5. The van der Waals surface area contributed by atoms with Crippen molar-refractivity contribution in [2.45, 2.75) is 26.3 Å². The highest BCUT2D eigenvalue weighted by Gasteiger charge is 2.15. The highest BCUT2D eigenvalue weighted by molar-refractivity contribution is 7.17. The van der Waals surface area contributed by atoms with E-state index in [0.717, 1.165) is 11.1 Å². The molecule has 170 valence electrons. The number of hydrogen-bond acceptors (Lipinski definition) is 6. The zero-order valence-corrected chi connectivity index (χ0v) is 19.7. The molecule has 0 saturated carbocycles. The van der Waals surface area contributed by atoms with Gasteiger partial charge in [-0.3, -0.25) is 14.2 Å². The number of amides is 1. The van der Waals surface area contributed by atoms with Gasteiger partial charge >= 0.3 is 0 Å². The Morgan fingerprint density at radius 2 is 1.82 bits per heavy atom. The van der Waals surface area contributed by atoms with Crippen LogP contribution in [-0.4, -0.2) is 29.7 Å². The van der Waals surface area contributed by atoms with Crippen molar-refractivity contribution in [3.05, 3.63) is 70.1 Å². The van der Waals surface area contributed by atoms with Gasteiger partial charge in [-0.05, 0) is 29.2 Å². The second kappa shape index (κ2) is 9.46. The van der Waals surface area contributed by atoms with Crippen LogP contribution in [0.15, 0.2) is 59.0 Å². The molecule has 8 heteroatoms. The number of nitrogens with one attached hydrogen (secondary N) is 1. The Labute approximate surface area is 195 Å². The second-order valence-corrected chi connectivity index (χ2v) is 8.76. The lowest BCUT2D eigenvalue weighted by Gasteiger charge is -2.11. The predicted octanol–water partition coefficient (Wildman–Crippen LogP) is 4.90. The van der Waals surface area contributed by atoms with Gasteiger partial charge in [-0.15, -0.1) is 11.3 Å². The van der Waals surface area contributed by atoms with Crippen molar-refractivity contribution >= 4 is 33.1 Å². The van der Waals surface area contributed by atoms with Gasteiger partial charge in [0.05, 0.1) is 25.9 Å². The summed E-state index contributed by atoms with van der Waals surface area (Å²) in [5.41, 5.74) is 3.32. The van der Waals surface area contributed by atoms with E-state index in [9.17, 15) is 9.59 Å². The molecule has 0 fully saturated rings. The van der Waals surface area contributed by atoms with Crippen LogP contribution in [0.1, 0.15) is 25.3 Å². The van der Waals surface area contributed by atoms with Crippen molar-refractivity contribution in [2.24, 2.45) is 0 Å². The van der Waals surface area contributed by atoms with Gasteiger partial charge in [-0.25, -0.2) is 4.98 Å². The van der Waals surface area contributed by atoms with Gasteiger partial charge in [0.15, 0.2) is 11.5 Å². The molecule has 0 aliphatic heterocycles. The van der Waals surface area contributed by atoms with E-state index >= 15 is 0 Å². The molecule has 0 bridgehead atoms. The Kier molecular flexibility index (Phi) is 6.46. The van der Waals surface area contributed by atoms with Crippen LogP contribution in [0.5, 0.6) is 11.5 Å². The molecule has 4 rings (SSSR count). The number of ether oxygens (including phenoxy) is 2. The van der Waals surface area contributed by atoms with Crippen molar-refractivity contribution in [1.82, 2.24) is 9.55 Å². The third kappa shape index (κ3) is 4.61. The van der Waals surface area contributed by atoms with E-state index in [4.69, 9.17) is 9.47 Å². The van der Waals surface area contributed by atoms with Gasteiger partial charge in [-0.1, -0.05) is 38.1 Å². The molecule has 0 spiro atoms. The molecule has 0 unspecified atom stereocenters. The van der Waals surface area contributed by atoms with Crippen LogP contribution in [0.4, 0.5) is 5.69 Å². The summed E-state index contributed by atoms with van der Waals surface area (Å²) < 4.78 is 11.8. The van der Waals surface area contributed by atoms with E-state index < -0.39 is 0 Å². The summed E-state index contributed by atoms with van der Waals surface area (Å²) in [6.45, 7) is 4.13. The largest absolute Gasteiger partial charge is 0.493 e. The normalized spacial score (nSPS) is 11.1. The topological polar surface area (TPSA) is 82.5 Å². The van der Waals surface area contributed by atoms with Crippen molar-refractivity contribution in [3.8, 4) is 22.6 Å². The molecule has 0 aliphatic rings. The van der Waals surface area contributed by atoms with E-state index in [0.29, 0.717) is 33.3 Å². The number of carbonyl (C=O) groups excluding carboxylic acids is 1. The fourth-order valence-corrected chi connectivity index (χ4v) is 4.52. The van der Waals surface area contributed by atoms with Crippen LogP contribution < -0.4 is 20.3 Å². The maximum Gasteiger partial charge on any atom is 0.263 e. The van der Waals surface area contributed by atoms with Gasteiger partial charge < -0.3 is 14.8 Å². The minimum absolute atomic E-state index is 0.155. The maximum atomic E-state index is 13.2. The van der Waals surface area contributed by atoms with Crippen molar-refractivity contribution in [3.63, 3.8) is 0 Å². The third-order valence-electron chi connectivity index (χ3n) is 5.43. The van der Waals surface area contributed by atoms with Crippen molar-refractivity contribution < 1.29 is 14.3 Å². The Balaban J connectivity index is 1.60. The maximum absolute atomic E-state index is 13.2. The SMILES string of the molecule is COc1ccc(NC(=O)Cn2cnc3scc(-c4ccc(C(C)C)cc4)c3c2=O)cc1OC. The monoisotopic (exact) mass is 463 g/mol. The minimum Gasteiger partial charge on any atom is -0.493 e. The fourth-order valence-electron chi connectivity index (χ4n) is 3.61. The third-order valence-corrected chi connectivity index (χ3v) is 6.32. The minimum atomic E-state index is -0.344. The lowest BCUT2D eigenvalue weighted by molar-refractivity contribution is -0.116. The van der Waals surface area contributed by atoms with Gasteiger partial charge in [0, 0.05) is 22.7 Å². The smallest absolute Gasteiger partial charge is 0.263 e. The number of anilines is 1. The number of carbonyl (C=O) groups is 1. The Morgan fingerprint density at radius 1 is 1.09 bits per heavy atom. The predicted molar refractivity (Wildman–Crippen MR) is 132 cm³/mol. The lowest BCUT2D eigenvalue weighted by atomic mass is 9.99. The molecule has 0 aliphatic carbocycles. The molecule has 0 atom stereocenters. The molecular formula is C25H25N3O4S. The van der Waals surface area contributed by atoms with Crippen LogP contribution in [0.25, 0.3) is 21.3 Å². The molecule has 0 saturated heterocycles. The van der Waals surface area contributed by atoms with E-state index in [1.807, 2.05) is 17.5 Å². The zero-order valence-electron chi connectivity index (χ0n) is 18.9. The molecule has 0 radical (unpaired) electrons. The Hall–Kier alpha value is -3.65. The number of benzene rings is 2. The molecule has 2 heterocycles. The molecule has 7 nitrogen and oxygen atoms in total. The summed E-state index contributed by atoms with van der Waals surface area (Å²) >= 11 is 1.42. The van der Waals surface area contributed by atoms with Crippen LogP contribution in [0, 0.1) is 0 Å². The summed E-state index contributed by atoms with van der Waals surface area (Å²) in [5, 5.41) is 5.26. The highest BCUT2D eigenvalue weighted by Crippen LogP contribution is 2.32.